The van der Waals surface area contributed by atoms with Crippen LogP contribution < -0.4 is 15.2 Å². The third-order valence-corrected chi connectivity index (χ3v) is 4.35. The fourth-order valence-corrected chi connectivity index (χ4v) is 2.88. The van der Waals surface area contributed by atoms with Crippen molar-refractivity contribution < 1.29 is 34.7 Å². The molecule has 28 heavy (non-hydrogen) atoms. The molecule has 0 saturated carbocycles. The summed E-state index contributed by atoms with van der Waals surface area (Å²) in [6, 6.07) is 6.00. The van der Waals surface area contributed by atoms with E-state index in [1.807, 2.05) is 0 Å². The van der Waals surface area contributed by atoms with E-state index in [9.17, 15) is 25.2 Å². The first kappa shape index (κ1) is 21.2. The molecule has 0 fully saturated rings. The van der Waals surface area contributed by atoms with E-state index in [4.69, 9.17) is 15.2 Å². The van der Waals surface area contributed by atoms with Gasteiger partial charge in [-0.3, -0.25) is 0 Å². The molecule has 8 nitrogen and oxygen atoms in total. The van der Waals surface area contributed by atoms with Gasteiger partial charge in [-0.1, -0.05) is 0 Å². The van der Waals surface area contributed by atoms with Crippen molar-refractivity contribution in [3.8, 4) is 11.5 Å². The zero-order chi connectivity index (χ0) is 20.8. The van der Waals surface area contributed by atoms with E-state index in [2.05, 4.69) is 0 Å². The van der Waals surface area contributed by atoms with Crippen LogP contribution in [0, 0.1) is 0 Å². The van der Waals surface area contributed by atoms with Crippen LogP contribution in [0.25, 0.3) is 11.6 Å². The maximum absolute atomic E-state index is 11.9. The van der Waals surface area contributed by atoms with Crippen LogP contribution in [-0.4, -0.2) is 40.6 Å². The number of benzene rings is 2. The van der Waals surface area contributed by atoms with Crippen molar-refractivity contribution in [2.45, 2.75) is 19.8 Å². The summed E-state index contributed by atoms with van der Waals surface area (Å²) in [5, 5.41) is 38.2. The van der Waals surface area contributed by atoms with E-state index in [0.717, 1.165) is 0 Å². The normalized spacial score (nSPS) is 11.4. The molecule has 8 heteroatoms. The van der Waals surface area contributed by atoms with Crippen LogP contribution in [0.1, 0.15) is 27.8 Å². The molecule has 0 bridgehead atoms. The molecule has 0 aliphatic heterocycles. The minimum atomic E-state index is -1.22. The van der Waals surface area contributed by atoms with Gasteiger partial charge in [-0.15, -0.1) is 0 Å². The quantitative estimate of drug-likeness (QED) is 0.259. The average Bonchev–Trinajstić information content (AvgIpc) is 2.70. The van der Waals surface area contributed by atoms with E-state index < -0.39 is 12.6 Å². The van der Waals surface area contributed by atoms with E-state index in [0.29, 0.717) is 28.0 Å². The highest BCUT2D eigenvalue weighted by Crippen LogP contribution is 2.32. The number of carbonyl (C=O) groups is 1. The molecule has 0 saturated heterocycles. The van der Waals surface area contributed by atoms with Gasteiger partial charge in [0, 0.05) is 22.4 Å². The highest BCUT2D eigenvalue weighted by Gasteiger charge is 2.18. The summed E-state index contributed by atoms with van der Waals surface area (Å²) in [7, 11) is 2.82. The van der Waals surface area contributed by atoms with Crippen molar-refractivity contribution in [1.82, 2.24) is 0 Å². The predicted molar refractivity (Wildman–Crippen MR) is 104 cm³/mol. The second-order valence-electron chi connectivity index (χ2n) is 5.95. The van der Waals surface area contributed by atoms with Gasteiger partial charge in [-0.05, 0) is 41.5 Å². The largest absolute Gasteiger partial charge is 0.496 e. The van der Waals surface area contributed by atoms with Gasteiger partial charge in [0.15, 0.2) is 0 Å². The van der Waals surface area contributed by atoms with Crippen LogP contribution in [0.3, 0.4) is 0 Å². The SMILES string of the molecule is COc1cc(/C=C(/C(=O)O)c2cc(CO)c(CO)c(OC)c2)c(N)cc1CO. The molecule has 0 radical (unpaired) electrons. The van der Waals surface area contributed by atoms with Gasteiger partial charge in [0.05, 0.1) is 39.6 Å². The fourth-order valence-electron chi connectivity index (χ4n) is 2.88. The number of rotatable bonds is 8. The lowest BCUT2D eigenvalue weighted by atomic mass is 9.96. The first-order valence-electron chi connectivity index (χ1n) is 8.34. The van der Waals surface area contributed by atoms with Crippen molar-refractivity contribution in [3.05, 3.63) is 52.1 Å². The minimum absolute atomic E-state index is 0.0945. The first-order chi connectivity index (χ1) is 13.4. The molecule has 0 unspecified atom stereocenters. The number of carboxylic acid groups (broad SMARTS) is 1. The summed E-state index contributed by atoms with van der Waals surface area (Å²) in [5.41, 5.74) is 8.05. The number of hydrogen-bond acceptors (Lipinski definition) is 7. The van der Waals surface area contributed by atoms with Crippen LogP contribution in [-0.2, 0) is 24.6 Å². The topological polar surface area (TPSA) is 142 Å². The molecule has 0 aliphatic carbocycles. The molecule has 2 aromatic carbocycles. The van der Waals surface area contributed by atoms with E-state index in [1.165, 1.54) is 44.6 Å². The van der Waals surface area contributed by atoms with Gasteiger partial charge < -0.3 is 35.6 Å². The molecule has 0 atom stereocenters. The van der Waals surface area contributed by atoms with Crippen LogP contribution in [0.5, 0.6) is 11.5 Å². The molecule has 2 aromatic rings. The van der Waals surface area contributed by atoms with Gasteiger partial charge >= 0.3 is 5.97 Å². The number of nitrogen functional groups attached to an aromatic ring is 1. The van der Waals surface area contributed by atoms with Crippen LogP contribution in [0.15, 0.2) is 24.3 Å². The van der Waals surface area contributed by atoms with Gasteiger partial charge in [0.2, 0.25) is 0 Å². The molecule has 2 rings (SSSR count). The zero-order valence-electron chi connectivity index (χ0n) is 15.6. The minimum Gasteiger partial charge on any atom is -0.496 e. The number of aliphatic hydroxyl groups is 3. The molecule has 0 heterocycles. The Balaban J connectivity index is 2.69. The van der Waals surface area contributed by atoms with Crippen molar-refractivity contribution in [1.29, 1.82) is 0 Å². The van der Waals surface area contributed by atoms with Crippen LogP contribution in [0.2, 0.25) is 0 Å². The maximum Gasteiger partial charge on any atom is 0.336 e. The molecular weight excluding hydrogens is 366 g/mol. The summed E-state index contributed by atoms with van der Waals surface area (Å²) in [6.07, 6.45) is 1.37. The number of anilines is 1. The number of nitrogens with two attached hydrogens (primary N) is 1. The Morgan fingerprint density at radius 2 is 1.61 bits per heavy atom. The van der Waals surface area contributed by atoms with Gasteiger partial charge in [-0.2, -0.15) is 0 Å². The number of methoxy groups -OCH3 is 2. The van der Waals surface area contributed by atoms with Crippen molar-refractivity contribution in [2.24, 2.45) is 0 Å². The molecule has 0 aliphatic rings. The van der Waals surface area contributed by atoms with E-state index in [1.54, 1.807) is 0 Å². The van der Waals surface area contributed by atoms with E-state index in [-0.39, 0.29) is 35.8 Å². The number of hydrogen-bond donors (Lipinski definition) is 5. The Hall–Kier alpha value is -3.07. The second kappa shape index (κ2) is 9.23. The monoisotopic (exact) mass is 389 g/mol. The van der Waals surface area contributed by atoms with Gasteiger partial charge in [0.1, 0.15) is 11.5 Å². The Labute approximate surface area is 162 Å². The summed E-state index contributed by atoms with van der Waals surface area (Å²) < 4.78 is 10.4. The fraction of sp³-hybridized carbons (Fsp3) is 0.250. The van der Waals surface area contributed by atoms with Crippen LogP contribution in [0.4, 0.5) is 5.69 Å². The smallest absolute Gasteiger partial charge is 0.336 e. The maximum atomic E-state index is 11.9. The molecule has 0 aromatic heterocycles. The van der Waals surface area contributed by atoms with Crippen molar-refractivity contribution >= 4 is 23.3 Å². The molecule has 0 amide bonds. The van der Waals surface area contributed by atoms with Gasteiger partial charge in [-0.25, -0.2) is 4.79 Å². The Morgan fingerprint density at radius 3 is 2.11 bits per heavy atom. The average molecular weight is 389 g/mol. The molecule has 6 N–H and O–H groups in total. The number of aliphatic carboxylic acids is 1. The Kier molecular flexibility index (Phi) is 7.00. The lowest BCUT2D eigenvalue weighted by molar-refractivity contribution is -0.130. The van der Waals surface area contributed by atoms with E-state index >= 15 is 0 Å². The summed E-state index contributed by atoms with van der Waals surface area (Å²) >= 11 is 0. The molecule has 0 spiro atoms. The van der Waals surface area contributed by atoms with Crippen molar-refractivity contribution in [3.63, 3.8) is 0 Å². The standard InChI is InChI=1S/C20H23NO7/c1-27-18-7-12(17(21)5-14(18)9-23)4-15(20(25)26)11-3-13(8-22)16(10-24)19(6-11)28-2/h3-7,22-24H,8-10,21H2,1-2H3,(H,25,26)/b15-4+. The Bertz CT molecular complexity index is 881. The lowest BCUT2D eigenvalue weighted by Crippen LogP contribution is -2.05. The van der Waals surface area contributed by atoms with Gasteiger partial charge in [0.25, 0.3) is 0 Å². The zero-order valence-corrected chi connectivity index (χ0v) is 15.6. The summed E-state index contributed by atoms with van der Waals surface area (Å²) in [5.74, 6) is -0.582. The summed E-state index contributed by atoms with van der Waals surface area (Å²) in [4.78, 5) is 11.9. The van der Waals surface area contributed by atoms with Crippen molar-refractivity contribution in [2.75, 3.05) is 20.0 Å². The third kappa shape index (κ3) is 4.25. The second-order valence-corrected chi connectivity index (χ2v) is 5.95. The third-order valence-electron chi connectivity index (χ3n) is 4.35. The number of carboxylic acids is 1. The number of aliphatic hydroxyl groups excluding tert-OH is 3. The highest BCUT2D eigenvalue weighted by molar-refractivity contribution is 6.21. The van der Waals surface area contributed by atoms with Crippen LogP contribution >= 0.6 is 0 Å². The predicted octanol–water partition coefficient (Wildman–Crippen LogP) is 1.39. The Morgan fingerprint density at radius 1 is 0.964 bits per heavy atom. The molecule has 150 valence electrons. The lowest BCUT2D eigenvalue weighted by Gasteiger charge is -2.15. The number of ether oxygens (including phenoxy) is 2. The summed E-state index contributed by atoms with van der Waals surface area (Å²) in [6.45, 7) is -1.03. The highest BCUT2D eigenvalue weighted by atomic mass is 16.5. The molecular formula is C20H23NO7. The first-order valence-corrected chi connectivity index (χ1v) is 8.34.